The Labute approximate surface area is 139 Å². The lowest BCUT2D eigenvalue weighted by molar-refractivity contribution is 0.0844. The Bertz CT molecular complexity index is 749. The van der Waals surface area contributed by atoms with Gasteiger partial charge in [-0.25, -0.2) is 9.37 Å². The predicted octanol–water partition coefficient (Wildman–Crippen LogP) is 3.33. The van der Waals surface area contributed by atoms with Gasteiger partial charge in [0.2, 0.25) is 5.88 Å². The molecule has 0 saturated carbocycles. The van der Waals surface area contributed by atoms with Gasteiger partial charge in [0, 0.05) is 29.0 Å². The second kappa shape index (κ2) is 6.52. The van der Waals surface area contributed by atoms with Gasteiger partial charge in [-0.1, -0.05) is 0 Å². The molecule has 2 aromatic rings. The minimum atomic E-state index is -0.471. The Balaban J connectivity index is 1.95. The zero-order chi connectivity index (χ0) is 17.3. The molecule has 6 nitrogen and oxygen atoms in total. The fraction of sp³-hybridized carbons (Fsp3) is 0.353. The zero-order valence-electron chi connectivity index (χ0n) is 14.0. The highest BCUT2D eigenvalue weighted by molar-refractivity contribution is 5.67. The maximum Gasteiger partial charge on any atom is 0.212 e. The van der Waals surface area contributed by atoms with E-state index in [0.29, 0.717) is 22.9 Å². The molecule has 0 radical (unpaired) electrons. The third-order valence-electron chi connectivity index (χ3n) is 4.01. The summed E-state index contributed by atoms with van der Waals surface area (Å²) in [4.78, 5) is 9.06. The number of ether oxygens (including phenoxy) is 3. The fourth-order valence-electron chi connectivity index (χ4n) is 2.68. The lowest BCUT2D eigenvalue weighted by Crippen LogP contribution is -2.24. The molecule has 1 aromatic heterocycles. The van der Waals surface area contributed by atoms with Crippen molar-refractivity contribution in [2.45, 2.75) is 20.0 Å². The van der Waals surface area contributed by atoms with Crippen LogP contribution in [0.3, 0.4) is 0 Å². The van der Waals surface area contributed by atoms with Crippen LogP contribution in [0.5, 0.6) is 17.4 Å². The summed E-state index contributed by atoms with van der Waals surface area (Å²) in [6.07, 6.45) is 1.20. The summed E-state index contributed by atoms with van der Waals surface area (Å²) >= 11 is 0. The van der Waals surface area contributed by atoms with Crippen LogP contribution in [0.2, 0.25) is 0 Å². The van der Waals surface area contributed by atoms with Crippen LogP contribution in [-0.4, -0.2) is 25.8 Å². The molecule has 0 amide bonds. The molecule has 0 bridgehead atoms. The molecule has 0 aliphatic carbocycles. The van der Waals surface area contributed by atoms with E-state index in [9.17, 15) is 4.39 Å². The summed E-state index contributed by atoms with van der Waals surface area (Å²) in [5.41, 5.74) is 5.16. The topological polar surface area (TPSA) is 61.8 Å². The van der Waals surface area contributed by atoms with Crippen molar-refractivity contribution >= 4 is 5.69 Å². The molecule has 24 heavy (non-hydrogen) atoms. The van der Waals surface area contributed by atoms with Crippen molar-refractivity contribution in [1.29, 1.82) is 0 Å². The first-order valence-corrected chi connectivity index (χ1v) is 7.47. The molecule has 3 rings (SSSR count). The highest BCUT2D eigenvalue weighted by Crippen LogP contribution is 2.45. The number of halogens is 1. The Kier molecular flexibility index (Phi) is 4.44. The number of nitrogens with one attached hydrogen (secondary N) is 1. The van der Waals surface area contributed by atoms with Gasteiger partial charge < -0.3 is 14.2 Å². The van der Waals surface area contributed by atoms with Crippen LogP contribution in [0.25, 0.3) is 0 Å². The summed E-state index contributed by atoms with van der Waals surface area (Å²) in [5.74, 6) is 0.527. The van der Waals surface area contributed by atoms with Gasteiger partial charge in [-0.3, -0.25) is 10.3 Å². The first kappa shape index (κ1) is 16.3. The van der Waals surface area contributed by atoms with Crippen LogP contribution >= 0.6 is 0 Å². The SMILES string of the molecule is CONc1c(C)c(F)c2c(c1C)OCC(c1ccc(OC)nc1)O2. The largest absolute Gasteiger partial charge is 0.485 e. The minimum absolute atomic E-state index is 0.110. The highest BCUT2D eigenvalue weighted by atomic mass is 19.1. The molecule has 1 aromatic carbocycles. The fourth-order valence-corrected chi connectivity index (χ4v) is 2.68. The van der Waals surface area contributed by atoms with Gasteiger partial charge in [0.1, 0.15) is 6.61 Å². The monoisotopic (exact) mass is 334 g/mol. The van der Waals surface area contributed by atoms with Crippen molar-refractivity contribution in [2.24, 2.45) is 0 Å². The second-order valence-electron chi connectivity index (χ2n) is 5.45. The van der Waals surface area contributed by atoms with Crippen molar-refractivity contribution in [3.63, 3.8) is 0 Å². The Morgan fingerprint density at radius 3 is 2.62 bits per heavy atom. The van der Waals surface area contributed by atoms with E-state index in [2.05, 4.69) is 10.5 Å². The molecule has 1 unspecified atom stereocenters. The molecule has 0 spiro atoms. The first-order valence-electron chi connectivity index (χ1n) is 7.47. The van der Waals surface area contributed by atoms with Crippen LogP contribution in [0.15, 0.2) is 18.3 Å². The third-order valence-corrected chi connectivity index (χ3v) is 4.01. The summed E-state index contributed by atoms with van der Waals surface area (Å²) in [7, 11) is 3.02. The summed E-state index contributed by atoms with van der Waals surface area (Å²) in [6, 6.07) is 3.55. The lowest BCUT2D eigenvalue weighted by atomic mass is 10.0. The van der Waals surface area contributed by atoms with E-state index < -0.39 is 11.9 Å². The minimum Gasteiger partial charge on any atom is -0.485 e. The molecule has 1 N–H and O–H groups in total. The zero-order valence-corrected chi connectivity index (χ0v) is 14.0. The van der Waals surface area contributed by atoms with Crippen molar-refractivity contribution in [3.8, 4) is 17.4 Å². The Hall–Kier alpha value is -2.54. The average molecular weight is 334 g/mol. The van der Waals surface area contributed by atoms with E-state index >= 15 is 0 Å². The number of rotatable bonds is 4. The molecule has 1 atom stereocenters. The van der Waals surface area contributed by atoms with Crippen LogP contribution in [0, 0.1) is 19.7 Å². The molecule has 128 valence electrons. The average Bonchev–Trinajstić information content (AvgIpc) is 2.63. The molecular formula is C17H19FN2O4. The molecule has 7 heteroatoms. The van der Waals surface area contributed by atoms with Crippen LogP contribution in [-0.2, 0) is 4.84 Å². The van der Waals surface area contributed by atoms with E-state index in [-0.39, 0.29) is 12.4 Å². The summed E-state index contributed by atoms with van der Waals surface area (Å²) in [5, 5.41) is 0. The third kappa shape index (κ3) is 2.71. The second-order valence-corrected chi connectivity index (χ2v) is 5.45. The standard InChI is InChI=1S/C17H19FN2O4/c1-9-14(18)17-16(10(2)15(9)20-22-4)23-8-12(24-17)11-5-6-13(21-3)19-7-11/h5-7,12,20H,8H2,1-4H3. The van der Waals surface area contributed by atoms with Crippen molar-refractivity contribution in [3.05, 3.63) is 40.8 Å². The van der Waals surface area contributed by atoms with Gasteiger partial charge in [0.15, 0.2) is 23.4 Å². The van der Waals surface area contributed by atoms with Gasteiger partial charge in [-0.15, -0.1) is 0 Å². The maximum atomic E-state index is 14.7. The summed E-state index contributed by atoms with van der Waals surface area (Å²) < 4.78 is 31.4. The van der Waals surface area contributed by atoms with Gasteiger partial charge in [0.25, 0.3) is 0 Å². The van der Waals surface area contributed by atoms with E-state index in [4.69, 9.17) is 19.0 Å². The van der Waals surface area contributed by atoms with E-state index in [1.165, 1.54) is 7.11 Å². The molecule has 0 fully saturated rings. The Morgan fingerprint density at radius 2 is 2.00 bits per heavy atom. The quantitative estimate of drug-likeness (QED) is 0.866. The Morgan fingerprint density at radius 1 is 1.21 bits per heavy atom. The first-order chi connectivity index (χ1) is 11.6. The maximum absolute atomic E-state index is 14.7. The number of fused-ring (bicyclic) bond motifs is 1. The highest BCUT2D eigenvalue weighted by Gasteiger charge is 2.30. The number of benzene rings is 1. The van der Waals surface area contributed by atoms with Gasteiger partial charge in [-0.2, -0.15) is 0 Å². The number of pyridine rings is 1. The number of aromatic nitrogens is 1. The molecule has 1 aliphatic heterocycles. The predicted molar refractivity (Wildman–Crippen MR) is 86.2 cm³/mol. The van der Waals surface area contributed by atoms with Gasteiger partial charge in [-0.05, 0) is 19.9 Å². The van der Waals surface area contributed by atoms with Crippen LogP contribution < -0.4 is 19.7 Å². The number of hydrogen-bond donors (Lipinski definition) is 1. The smallest absolute Gasteiger partial charge is 0.212 e. The number of anilines is 1. The van der Waals surface area contributed by atoms with Gasteiger partial charge >= 0.3 is 0 Å². The van der Waals surface area contributed by atoms with Crippen LogP contribution in [0.1, 0.15) is 22.8 Å². The lowest BCUT2D eigenvalue weighted by Gasteiger charge is -2.29. The number of methoxy groups -OCH3 is 1. The molecular weight excluding hydrogens is 315 g/mol. The van der Waals surface area contributed by atoms with Crippen molar-refractivity contribution in [1.82, 2.24) is 4.98 Å². The molecule has 2 heterocycles. The number of nitrogens with zero attached hydrogens (tertiary/aromatic N) is 1. The van der Waals surface area contributed by atoms with Crippen molar-refractivity contribution < 1.29 is 23.4 Å². The summed E-state index contributed by atoms with van der Waals surface area (Å²) in [6.45, 7) is 3.74. The van der Waals surface area contributed by atoms with Crippen LogP contribution in [0.4, 0.5) is 10.1 Å². The number of hydrogen-bond acceptors (Lipinski definition) is 6. The van der Waals surface area contributed by atoms with E-state index in [1.54, 1.807) is 26.3 Å². The normalized spacial score (nSPS) is 16.0. The van der Waals surface area contributed by atoms with Gasteiger partial charge in [0.05, 0.1) is 19.9 Å². The van der Waals surface area contributed by atoms with E-state index in [0.717, 1.165) is 11.1 Å². The van der Waals surface area contributed by atoms with Crippen molar-refractivity contribution in [2.75, 3.05) is 26.3 Å². The molecule has 1 aliphatic rings. The molecule has 0 saturated heterocycles. The van der Waals surface area contributed by atoms with E-state index in [1.807, 2.05) is 13.0 Å².